The van der Waals surface area contributed by atoms with E-state index in [1.807, 2.05) is 48.5 Å². The fourth-order valence-corrected chi connectivity index (χ4v) is 2.73. The monoisotopic (exact) mass is 337 g/mol. The number of benzene rings is 2. The van der Waals surface area contributed by atoms with E-state index in [9.17, 15) is 9.59 Å². The summed E-state index contributed by atoms with van der Waals surface area (Å²) in [5, 5.41) is 0. The molecule has 0 aromatic heterocycles. The molecule has 6 nitrogen and oxygen atoms in total. The van der Waals surface area contributed by atoms with Crippen LogP contribution in [0.4, 0.5) is 4.79 Å². The number of carbonyl (C=O) groups excluding carboxylic acids is 2. The minimum Gasteiger partial charge on any atom is -0.454 e. The summed E-state index contributed by atoms with van der Waals surface area (Å²) in [5.74, 6) is 1.00. The molecule has 2 aromatic carbocycles. The van der Waals surface area contributed by atoms with Gasteiger partial charge < -0.3 is 14.2 Å². The fourth-order valence-electron chi connectivity index (χ4n) is 2.73. The first-order valence-electron chi connectivity index (χ1n) is 7.90. The zero-order chi connectivity index (χ0) is 17.2. The Morgan fingerprint density at radius 2 is 1.80 bits per heavy atom. The van der Waals surface area contributed by atoms with E-state index in [0.717, 1.165) is 16.0 Å². The van der Waals surface area contributed by atoms with Crippen molar-refractivity contribution < 1.29 is 23.8 Å². The van der Waals surface area contributed by atoms with Crippen LogP contribution in [0.3, 0.4) is 0 Å². The Kier molecular flexibility index (Phi) is 3.85. The number of rotatable bonds is 4. The molecule has 0 N–H and O–H groups in total. The molecule has 2 aromatic rings. The van der Waals surface area contributed by atoms with E-state index in [0.29, 0.717) is 17.9 Å². The van der Waals surface area contributed by atoms with E-state index < -0.39 is 12.0 Å². The molecule has 0 bridgehead atoms. The molecule has 4 rings (SSSR count). The Balaban J connectivity index is 1.45. The topological polar surface area (TPSA) is 65.1 Å². The smallest absolute Gasteiger partial charge is 0.422 e. The standard InChI is InChI=1S/C19H15NO5/c21-18-17(11-13-4-2-1-3-5-13)25-19(22)20(18)9-8-14-6-7-15-16(10-14)24-12-23-15/h1-7,10-11H,8-9,12H2/b17-11-. The number of fused-ring (bicyclic) bond motifs is 1. The summed E-state index contributed by atoms with van der Waals surface area (Å²) in [6.07, 6.45) is 1.43. The number of cyclic esters (lactones) is 1. The Bertz CT molecular complexity index is 859. The molecule has 0 unspecified atom stereocenters. The van der Waals surface area contributed by atoms with Gasteiger partial charge in [0.15, 0.2) is 17.3 Å². The summed E-state index contributed by atoms with van der Waals surface area (Å²) in [6.45, 7) is 0.451. The van der Waals surface area contributed by atoms with E-state index in [1.54, 1.807) is 6.08 Å². The van der Waals surface area contributed by atoms with Crippen molar-refractivity contribution in [1.29, 1.82) is 0 Å². The van der Waals surface area contributed by atoms with Crippen LogP contribution in [-0.2, 0) is 16.0 Å². The average molecular weight is 337 g/mol. The van der Waals surface area contributed by atoms with Crippen molar-refractivity contribution in [2.24, 2.45) is 0 Å². The predicted molar refractivity (Wildman–Crippen MR) is 88.9 cm³/mol. The molecule has 2 heterocycles. The molecule has 6 heteroatoms. The maximum absolute atomic E-state index is 12.4. The van der Waals surface area contributed by atoms with Crippen molar-refractivity contribution in [1.82, 2.24) is 4.90 Å². The van der Waals surface area contributed by atoms with Gasteiger partial charge in [0.1, 0.15) is 0 Å². The molecule has 25 heavy (non-hydrogen) atoms. The number of carbonyl (C=O) groups is 2. The molecule has 0 spiro atoms. The summed E-state index contributed by atoms with van der Waals surface area (Å²) in [5.41, 5.74) is 1.75. The Morgan fingerprint density at radius 3 is 2.64 bits per heavy atom. The molecule has 0 saturated carbocycles. The molecule has 2 aliphatic rings. The number of ether oxygens (including phenoxy) is 3. The third kappa shape index (κ3) is 3.06. The maximum Gasteiger partial charge on any atom is 0.422 e. The van der Waals surface area contributed by atoms with E-state index in [-0.39, 0.29) is 19.1 Å². The maximum atomic E-state index is 12.4. The number of amides is 2. The van der Waals surface area contributed by atoms with Gasteiger partial charge in [-0.1, -0.05) is 36.4 Å². The van der Waals surface area contributed by atoms with Crippen molar-refractivity contribution in [3.63, 3.8) is 0 Å². The number of nitrogens with zero attached hydrogens (tertiary/aromatic N) is 1. The zero-order valence-corrected chi connectivity index (χ0v) is 13.3. The Hall–Kier alpha value is -3.28. The van der Waals surface area contributed by atoms with Crippen LogP contribution in [0.15, 0.2) is 54.3 Å². The number of imide groups is 1. The van der Waals surface area contributed by atoms with Crippen molar-refractivity contribution in [3.8, 4) is 11.5 Å². The largest absolute Gasteiger partial charge is 0.454 e. The van der Waals surface area contributed by atoms with Gasteiger partial charge in [-0.2, -0.15) is 0 Å². The molecule has 0 aliphatic carbocycles. The summed E-state index contributed by atoms with van der Waals surface area (Å²) >= 11 is 0. The van der Waals surface area contributed by atoms with Crippen LogP contribution in [0.25, 0.3) is 6.08 Å². The normalized spacial score (nSPS) is 17.3. The molecule has 126 valence electrons. The molecular weight excluding hydrogens is 322 g/mol. The van der Waals surface area contributed by atoms with Gasteiger partial charge >= 0.3 is 6.09 Å². The highest BCUT2D eigenvalue weighted by Gasteiger charge is 2.36. The minimum absolute atomic E-state index is 0.0434. The SMILES string of the molecule is O=C1O/C(=C\c2ccccc2)C(=O)N1CCc1ccc2c(c1)OCO2. The summed E-state index contributed by atoms with van der Waals surface area (Å²) < 4.78 is 15.7. The number of hydrogen-bond acceptors (Lipinski definition) is 5. The van der Waals surface area contributed by atoms with Gasteiger partial charge in [-0.25, -0.2) is 9.69 Å². The average Bonchev–Trinajstić information content (AvgIpc) is 3.19. The second kappa shape index (κ2) is 6.32. The lowest BCUT2D eigenvalue weighted by Crippen LogP contribution is -2.30. The lowest BCUT2D eigenvalue weighted by Gasteiger charge is -2.10. The predicted octanol–water partition coefficient (Wildman–Crippen LogP) is 2.98. The van der Waals surface area contributed by atoms with Crippen LogP contribution < -0.4 is 9.47 Å². The fraction of sp³-hybridized carbons (Fsp3) is 0.158. The third-order valence-corrected chi connectivity index (χ3v) is 4.03. The van der Waals surface area contributed by atoms with E-state index in [1.165, 1.54) is 0 Å². The molecule has 2 aliphatic heterocycles. The van der Waals surface area contributed by atoms with Gasteiger partial charge in [0, 0.05) is 6.54 Å². The lowest BCUT2D eigenvalue weighted by molar-refractivity contribution is -0.123. The van der Waals surface area contributed by atoms with Crippen LogP contribution in [0.2, 0.25) is 0 Å². The molecular formula is C19H15NO5. The molecule has 0 atom stereocenters. The first-order valence-corrected chi connectivity index (χ1v) is 7.90. The minimum atomic E-state index is -0.645. The van der Waals surface area contributed by atoms with Gasteiger partial charge in [-0.05, 0) is 35.8 Å². The highest BCUT2D eigenvalue weighted by atomic mass is 16.7. The Labute approximate surface area is 144 Å². The van der Waals surface area contributed by atoms with Gasteiger partial charge in [0.25, 0.3) is 5.91 Å². The van der Waals surface area contributed by atoms with Crippen LogP contribution >= 0.6 is 0 Å². The molecule has 1 fully saturated rings. The highest BCUT2D eigenvalue weighted by molar-refractivity contribution is 6.09. The van der Waals surface area contributed by atoms with E-state index >= 15 is 0 Å². The van der Waals surface area contributed by atoms with Gasteiger partial charge in [0.2, 0.25) is 6.79 Å². The number of hydrogen-bond donors (Lipinski definition) is 0. The molecule has 1 saturated heterocycles. The second-order valence-electron chi connectivity index (χ2n) is 5.68. The van der Waals surface area contributed by atoms with Crippen molar-refractivity contribution >= 4 is 18.1 Å². The summed E-state index contributed by atoms with van der Waals surface area (Å²) in [6, 6.07) is 14.8. The molecule has 0 radical (unpaired) electrons. The quantitative estimate of drug-likeness (QED) is 0.803. The van der Waals surface area contributed by atoms with Gasteiger partial charge in [0.05, 0.1) is 0 Å². The van der Waals surface area contributed by atoms with E-state index in [4.69, 9.17) is 14.2 Å². The van der Waals surface area contributed by atoms with Gasteiger partial charge in [-0.3, -0.25) is 4.79 Å². The third-order valence-electron chi connectivity index (χ3n) is 4.03. The van der Waals surface area contributed by atoms with Crippen LogP contribution in [-0.4, -0.2) is 30.2 Å². The zero-order valence-electron chi connectivity index (χ0n) is 13.3. The lowest BCUT2D eigenvalue weighted by atomic mass is 10.1. The highest BCUT2D eigenvalue weighted by Crippen LogP contribution is 2.32. The van der Waals surface area contributed by atoms with E-state index in [2.05, 4.69) is 0 Å². The van der Waals surface area contributed by atoms with Crippen LogP contribution in [0.1, 0.15) is 11.1 Å². The van der Waals surface area contributed by atoms with Crippen molar-refractivity contribution in [2.45, 2.75) is 6.42 Å². The Morgan fingerprint density at radius 1 is 1.00 bits per heavy atom. The second-order valence-corrected chi connectivity index (χ2v) is 5.68. The van der Waals surface area contributed by atoms with Crippen LogP contribution in [0.5, 0.6) is 11.5 Å². The first-order chi connectivity index (χ1) is 12.2. The van der Waals surface area contributed by atoms with Crippen LogP contribution in [0, 0.1) is 0 Å². The first kappa shape index (κ1) is 15.3. The summed E-state index contributed by atoms with van der Waals surface area (Å²) in [4.78, 5) is 25.5. The van der Waals surface area contributed by atoms with Gasteiger partial charge in [-0.15, -0.1) is 0 Å². The van der Waals surface area contributed by atoms with Crippen molar-refractivity contribution in [2.75, 3.05) is 13.3 Å². The molecule has 2 amide bonds. The summed E-state index contributed by atoms with van der Waals surface area (Å²) in [7, 11) is 0. The van der Waals surface area contributed by atoms with Crippen molar-refractivity contribution in [3.05, 3.63) is 65.4 Å².